The van der Waals surface area contributed by atoms with Gasteiger partial charge in [-0.1, -0.05) is 18.2 Å². The summed E-state index contributed by atoms with van der Waals surface area (Å²) in [7, 11) is 0. The number of para-hydroxylation sites is 1. The fourth-order valence-electron chi connectivity index (χ4n) is 4.82. The SMILES string of the molecule is C[C@H]1CN([C@@H]2COc3ccccc3[C@H]2Nc2ncnc3[nH]c(C4CC4)cc23)CCO1. The van der Waals surface area contributed by atoms with Gasteiger partial charge in [0, 0.05) is 24.3 Å². The van der Waals surface area contributed by atoms with Crippen LogP contribution < -0.4 is 10.1 Å². The van der Waals surface area contributed by atoms with Crippen LogP contribution in [0.3, 0.4) is 0 Å². The number of ether oxygens (including phenoxy) is 2. The second-order valence-electron chi connectivity index (χ2n) is 8.70. The van der Waals surface area contributed by atoms with E-state index >= 15 is 0 Å². The third kappa shape index (κ3) is 3.22. The molecule has 1 saturated carbocycles. The lowest BCUT2D eigenvalue weighted by molar-refractivity contribution is -0.0465. The number of H-pyrrole nitrogens is 1. The molecule has 3 atom stereocenters. The number of anilines is 1. The first-order valence-electron chi connectivity index (χ1n) is 10.9. The van der Waals surface area contributed by atoms with E-state index in [0.717, 1.165) is 42.3 Å². The minimum atomic E-state index is 0.0811. The van der Waals surface area contributed by atoms with Crippen molar-refractivity contribution in [3.63, 3.8) is 0 Å². The Morgan fingerprint density at radius 3 is 2.97 bits per heavy atom. The van der Waals surface area contributed by atoms with Gasteiger partial charge < -0.3 is 19.8 Å². The first-order valence-corrected chi connectivity index (χ1v) is 10.9. The van der Waals surface area contributed by atoms with Crippen molar-refractivity contribution in [2.24, 2.45) is 0 Å². The van der Waals surface area contributed by atoms with Crippen molar-refractivity contribution in [3.8, 4) is 5.75 Å². The first-order chi connectivity index (χ1) is 14.8. The predicted molar refractivity (Wildman–Crippen MR) is 115 cm³/mol. The molecule has 6 rings (SSSR count). The largest absolute Gasteiger partial charge is 0.491 e. The average molecular weight is 406 g/mol. The average Bonchev–Trinajstić information content (AvgIpc) is 3.53. The van der Waals surface area contributed by atoms with Gasteiger partial charge in [-0.25, -0.2) is 9.97 Å². The quantitative estimate of drug-likeness (QED) is 0.692. The minimum absolute atomic E-state index is 0.0811. The maximum atomic E-state index is 6.16. The van der Waals surface area contributed by atoms with Gasteiger partial charge in [-0.2, -0.15) is 0 Å². The van der Waals surface area contributed by atoms with E-state index in [1.54, 1.807) is 6.33 Å². The van der Waals surface area contributed by atoms with Crippen LogP contribution in [0.25, 0.3) is 11.0 Å². The maximum Gasteiger partial charge on any atom is 0.143 e. The number of rotatable bonds is 4. The summed E-state index contributed by atoms with van der Waals surface area (Å²) in [5.41, 5.74) is 3.36. The van der Waals surface area contributed by atoms with Crippen LogP contribution in [0.2, 0.25) is 0 Å². The van der Waals surface area contributed by atoms with Crippen molar-refractivity contribution in [2.75, 3.05) is 31.6 Å². The lowest BCUT2D eigenvalue weighted by atomic mass is 9.94. The Hall–Kier alpha value is -2.64. The lowest BCUT2D eigenvalue weighted by Crippen LogP contribution is -2.54. The van der Waals surface area contributed by atoms with Crippen molar-refractivity contribution in [1.82, 2.24) is 19.9 Å². The molecule has 7 nitrogen and oxygen atoms in total. The van der Waals surface area contributed by atoms with Gasteiger partial charge in [0.2, 0.25) is 0 Å². The van der Waals surface area contributed by atoms with E-state index in [1.807, 2.05) is 6.07 Å². The molecular formula is C23H27N5O2. The molecule has 0 amide bonds. The number of morpholine rings is 1. The van der Waals surface area contributed by atoms with E-state index in [9.17, 15) is 0 Å². The maximum absolute atomic E-state index is 6.16. The molecule has 0 spiro atoms. The van der Waals surface area contributed by atoms with Crippen LogP contribution in [0.5, 0.6) is 5.75 Å². The number of nitrogens with one attached hydrogen (secondary N) is 2. The Morgan fingerprint density at radius 2 is 2.10 bits per heavy atom. The zero-order valence-corrected chi connectivity index (χ0v) is 17.2. The molecule has 7 heteroatoms. The van der Waals surface area contributed by atoms with Crippen LogP contribution in [0.15, 0.2) is 36.7 Å². The predicted octanol–water partition coefficient (Wildman–Crippen LogP) is 3.47. The van der Waals surface area contributed by atoms with Crippen molar-refractivity contribution < 1.29 is 9.47 Å². The molecule has 30 heavy (non-hydrogen) atoms. The van der Waals surface area contributed by atoms with Crippen molar-refractivity contribution in [3.05, 3.63) is 47.9 Å². The van der Waals surface area contributed by atoms with Crippen molar-refractivity contribution in [1.29, 1.82) is 0 Å². The minimum Gasteiger partial charge on any atom is -0.491 e. The first kappa shape index (κ1) is 18.2. The number of aromatic nitrogens is 3. The van der Waals surface area contributed by atoms with Gasteiger partial charge in [0.15, 0.2) is 0 Å². The number of fused-ring (bicyclic) bond motifs is 2. The molecule has 3 aliphatic rings. The highest BCUT2D eigenvalue weighted by molar-refractivity contribution is 5.88. The lowest BCUT2D eigenvalue weighted by Gasteiger charge is -2.43. The number of nitrogens with zero attached hydrogens (tertiary/aromatic N) is 3. The fraction of sp³-hybridized carbons (Fsp3) is 0.478. The molecule has 2 aliphatic heterocycles. The molecule has 2 aromatic heterocycles. The van der Waals surface area contributed by atoms with Crippen molar-refractivity contribution in [2.45, 2.75) is 43.9 Å². The molecule has 0 bridgehead atoms. The van der Waals surface area contributed by atoms with Crippen LogP contribution in [0.1, 0.15) is 43.0 Å². The van der Waals surface area contributed by atoms with Crippen LogP contribution in [-0.2, 0) is 4.74 Å². The monoisotopic (exact) mass is 405 g/mol. The van der Waals surface area contributed by atoms with E-state index < -0.39 is 0 Å². The van der Waals surface area contributed by atoms with Gasteiger partial charge in [0.25, 0.3) is 0 Å². The van der Waals surface area contributed by atoms with Gasteiger partial charge in [-0.15, -0.1) is 0 Å². The Bertz CT molecular complexity index is 1060. The molecule has 1 aromatic carbocycles. The standard InChI is InChI=1S/C23H27N5O2/c1-14-11-28(8-9-29-14)19-12-30-20-5-3-2-4-16(20)21(19)27-23-17-10-18(15-6-7-15)26-22(17)24-13-25-23/h2-5,10,13-15,19,21H,6-9,11-12H2,1H3,(H2,24,25,26,27)/t14-,19+,21+/m0/s1. The Labute approximate surface area is 175 Å². The third-order valence-corrected chi connectivity index (χ3v) is 6.55. The summed E-state index contributed by atoms with van der Waals surface area (Å²) in [6.45, 7) is 5.36. The Kier molecular flexibility index (Phi) is 4.39. The summed E-state index contributed by atoms with van der Waals surface area (Å²) >= 11 is 0. The third-order valence-electron chi connectivity index (χ3n) is 6.55. The topological polar surface area (TPSA) is 75.3 Å². The highest BCUT2D eigenvalue weighted by Crippen LogP contribution is 2.42. The van der Waals surface area contributed by atoms with E-state index in [-0.39, 0.29) is 18.2 Å². The van der Waals surface area contributed by atoms with Crippen molar-refractivity contribution >= 4 is 16.9 Å². The van der Waals surface area contributed by atoms with E-state index in [2.05, 4.69) is 56.4 Å². The van der Waals surface area contributed by atoms with Gasteiger partial charge in [-0.05, 0) is 37.8 Å². The van der Waals surface area contributed by atoms with Crippen LogP contribution >= 0.6 is 0 Å². The summed E-state index contributed by atoms with van der Waals surface area (Å²) in [5, 5.41) is 4.85. The molecule has 4 heterocycles. The fourth-order valence-corrected chi connectivity index (χ4v) is 4.82. The number of aromatic amines is 1. The van der Waals surface area contributed by atoms with Crippen LogP contribution in [-0.4, -0.2) is 58.3 Å². The van der Waals surface area contributed by atoms with Crippen LogP contribution in [0, 0.1) is 0 Å². The molecule has 2 N–H and O–H groups in total. The zero-order valence-electron chi connectivity index (χ0n) is 17.2. The van der Waals surface area contributed by atoms with Gasteiger partial charge in [-0.3, -0.25) is 4.90 Å². The molecule has 0 radical (unpaired) electrons. The highest BCUT2D eigenvalue weighted by atomic mass is 16.5. The van der Waals surface area contributed by atoms with E-state index in [0.29, 0.717) is 12.5 Å². The summed E-state index contributed by atoms with van der Waals surface area (Å²) in [6.07, 6.45) is 4.39. The van der Waals surface area contributed by atoms with Gasteiger partial charge in [0.1, 0.15) is 30.1 Å². The Balaban J connectivity index is 1.38. The molecule has 0 unspecified atom stereocenters. The molecule has 2 fully saturated rings. The summed E-state index contributed by atoms with van der Waals surface area (Å²) in [4.78, 5) is 15.1. The number of hydrogen-bond donors (Lipinski definition) is 2. The molecule has 1 aliphatic carbocycles. The van der Waals surface area contributed by atoms with E-state index in [1.165, 1.54) is 24.1 Å². The summed E-state index contributed by atoms with van der Waals surface area (Å²) in [5.74, 6) is 2.49. The summed E-state index contributed by atoms with van der Waals surface area (Å²) < 4.78 is 11.9. The molecular weight excluding hydrogens is 378 g/mol. The number of hydrogen-bond acceptors (Lipinski definition) is 6. The highest BCUT2D eigenvalue weighted by Gasteiger charge is 2.37. The number of benzene rings is 1. The normalized spacial score (nSPS) is 26.9. The molecule has 1 saturated heterocycles. The summed E-state index contributed by atoms with van der Waals surface area (Å²) in [6, 6.07) is 10.8. The van der Waals surface area contributed by atoms with Crippen LogP contribution in [0.4, 0.5) is 5.82 Å². The van der Waals surface area contributed by atoms with Gasteiger partial charge >= 0.3 is 0 Å². The molecule has 156 valence electrons. The second kappa shape index (κ2) is 7.25. The Morgan fingerprint density at radius 1 is 1.20 bits per heavy atom. The molecule has 3 aromatic rings. The second-order valence-corrected chi connectivity index (χ2v) is 8.70. The smallest absolute Gasteiger partial charge is 0.143 e. The zero-order chi connectivity index (χ0) is 20.1. The van der Waals surface area contributed by atoms with Gasteiger partial charge in [0.05, 0.1) is 30.2 Å². The van der Waals surface area contributed by atoms with E-state index in [4.69, 9.17) is 9.47 Å².